The third-order valence-corrected chi connectivity index (χ3v) is 3.68. The van der Waals surface area contributed by atoms with E-state index in [0.717, 1.165) is 18.2 Å². The standard InChI is InChI=1S/C17H21NO2/c19-15(12-20-11-13-8-9-13)10-18-17-7-3-5-14-4-1-2-6-16(14)17/h1-7,13,15,18-19H,8-12H2. The Labute approximate surface area is 119 Å². The van der Waals surface area contributed by atoms with E-state index < -0.39 is 6.10 Å². The highest BCUT2D eigenvalue weighted by molar-refractivity contribution is 5.93. The van der Waals surface area contributed by atoms with Crippen molar-refractivity contribution < 1.29 is 9.84 Å². The third kappa shape index (κ3) is 3.50. The summed E-state index contributed by atoms with van der Waals surface area (Å²) in [6.45, 7) is 1.72. The summed E-state index contributed by atoms with van der Waals surface area (Å²) in [6.07, 6.45) is 2.10. The molecule has 1 aliphatic rings. The molecule has 0 aliphatic heterocycles. The third-order valence-electron chi connectivity index (χ3n) is 3.68. The lowest BCUT2D eigenvalue weighted by Crippen LogP contribution is -2.25. The highest BCUT2D eigenvalue weighted by Crippen LogP contribution is 2.28. The number of aliphatic hydroxyl groups is 1. The van der Waals surface area contributed by atoms with Crippen LogP contribution in [0.5, 0.6) is 0 Å². The highest BCUT2D eigenvalue weighted by Gasteiger charge is 2.21. The summed E-state index contributed by atoms with van der Waals surface area (Å²) in [4.78, 5) is 0. The minimum atomic E-state index is -0.465. The molecule has 0 amide bonds. The molecule has 2 N–H and O–H groups in total. The van der Waals surface area contributed by atoms with Gasteiger partial charge in [0.15, 0.2) is 0 Å². The molecule has 2 aromatic carbocycles. The van der Waals surface area contributed by atoms with E-state index >= 15 is 0 Å². The molecule has 3 heteroatoms. The molecule has 1 saturated carbocycles. The molecule has 3 nitrogen and oxygen atoms in total. The maximum atomic E-state index is 9.93. The fraction of sp³-hybridized carbons (Fsp3) is 0.412. The van der Waals surface area contributed by atoms with Crippen molar-refractivity contribution in [1.82, 2.24) is 0 Å². The van der Waals surface area contributed by atoms with Gasteiger partial charge < -0.3 is 15.2 Å². The Hall–Kier alpha value is -1.58. The van der Waals surface area contributed by atoms with E-state index in [0.29, 0.717) is 13.2 Å². The molecular formula is C17H21NO2. The van der Waals surface area contributed by atoms with Crippen LogP contribution in [-0.4, -0.2) is 31.0 Å². The summed E-state index contributed by atoms with van der Waals surface area (Å²) >= 11 is 0. The first-order valence-electron chi connectivity index (χ1n) is 7.30. The van der Waals surface area contributed by atoms with Gasteiger partial charge in [0.25, 0.3) is 0 Å². The topological polar surface area (TPSA) is 41.5 Å². The van der Waals surface area contributed by atoms with Crippen LogP contribution in [0.2, 0.25) is 0 Å². The molecule has 0 aromatic heterocycles. The average Bonchev–Trinajstić information content (AvgIpc) is 3.29. The van der Waals surface area contributed by atoms with Crippen LogP contribution in [0.4, 0.5) is 5.69 Å². The van der Waals surface area contributed by atoms with E-state index in [9.17, 15) is 5.11 Å². The van der Waals surface area contributed by atoms with Crippen molar-refractivity contribution in [2.75, 3.05) is 25.1 Å². The fourth-order valence-electron chi connectivity index (χ4n) is 2.32. The molecule has 1 unspecified atom stereocenters. The monoisotopic (exact) mass is 271 g/mol. The molecule has 106 valence electrons. The van der Waals surface area contributed by atoms with E-state index in [1.54, 1.807) is 0 Å². The zero-order valence-electron chi connectivity index (χ0n) is 11.6. The average molecular weight is 271 g/mol. The van der Waals surface area contributed by atoms with Crippen molar-refractivity contribution >= 4 is 16.5 Å². The van der Waals surface area contributed by atoms with Gasteiger partial charge in [0.1, 0.15) is 0 Å². The zero-order chi connectivity index (χ0) is 13.8. The minimum Gasteiger partial charge on any atom is -0.389 e. The van der Waals surface area contributed by atoms with Gasteiger partial charge in [-0.05, 0) is 30.2 Å². The number of anilines is 1. The van der Waals surface area contributed by atoms with Gasteiger partial charge in [-0.3, -0.25) is 0 Å². The smallest absolute Gasteiger partial charge is 0.0945 e. The summed E-state index contributed by atoms with van der Waals surface area (Å²) in [5.41, 5.74) is 1.06. The lowest BCUT2D eigenvalue weighted by Gasteiger charge is -2.14. The molecule has 2 aromatic rings. The first-order chi connectivity index (χ1) is 9.83. The van der Waals surface area contributed by atoms with Crippen LogP contribution in [0.1, 0.15) is 12.8 Å². The van der Waals surface area contributed by atoms with Gasteiger partial charge in [0, 0.05) is 24.2 Å². The molecule has 3 rings (SSSR count). The minimum absolute atomic E-state index is 0.411. The molecule has 1 aliphatic carbocycles. The van der Waals surface area contributed by atoms with Crippen molar-refractivity contribution in [3.8, 4) is 0 Å². The summed E-state index contributed by atoms with van der Waals surface area (Å²) in [5.74, 6) is 0.744. The normalized spacial score (nSPS) is 16.2. The maximum Gasteiger partial charge on any atom is 0.0945 e. The quantitative estimate of drug-likeness (QED) is 0.813. The Kier molecular flexibility index (Phi) is 4.19. The molecule has 1 fully saturated rings. The Morgan fingerprint density at radius 3 is 2.80 bits per heavy atom. The summed E-state index contributed by atoms with van der Waals surface area (Å²) in [6, 6.07) is 14.4. The number of rotatable bonds is 7. The van der Waals surface area contributed by atoms with Crippen LogP contribution in [0.3, 0.4) is 0 Å². The van der Waals surface area contributed by atoms with E-state index in [4.69, 9.17) is 4.74 Å². The van der Waals surface area contributed by atoms with Crippen molar-refractivity contribution in [2.45, 2.75) is 18.9 Å². The maximum absolute atomic E-state index is 9.93. The second kappa shape index (κ2) is 6.25. The number of hydrogen-bond donors (Lipinski definition) is 2. The van der Waals surface area contributed by atoms with Gasteiger partial charge in [-0.15, -0.1) is 0 Å². The van der Waals surface area contributed by atoms with Gasteiger partial charge in [0.05, 0.1) is 12.7 Å². The number of nitrogens with one attached hydrogen (secondary N) is 1. The van der Waals surface area contributed by atoms with E-state index in [1.807, 2.05) is 24.3 Å². The van der Waals surface area contributed by atoms with Crippen LogP contribution in [0.25, 0.3) is 10.8 Å². The zero-order valence-corrected chi connectivity index (χ0v) is 11.6. The predicted octanol–water partition coefficient (Wildman–Crippen LogP) is 3.04. The largest absolute Gasteiger partial charge is 0.389 e. The predicted molar refractivity (Wildman–Crippen MR) is 82.0 cm³/mol. The van der Waals surface area contributed by atoms with Crippen molar-refractivity contribution in [3.63, 3.8) is 0 Å². The number of benzene rings is 2. The van der Waals surface area contributed by atoms with Crippen molar-refractivity contribution in [1.29, 1.82) is 0 Å². The summed E-state index contributed by atoms with van der Waals surface area (Å²) in [7, 11) is 0. The fourth-order valence-corrected chi connectivity index (χ4v) is 2.32. The molecule has 0 heterocycles. The van der Waals surface area contributed by atoms with Gasteiger partial charge in [-0.1, -0.05) is 36.4 Å². The van der Waals surface area contributed by atoms with Gasteiger partial charge in [0.2, 0.25) is 0 Å². The second-order valence-electron chi connectivity index (χ2n) is 5.54. The van der Waals surface area contributed by atoms with E-state index in [1.165, 1.54) is 23.6 Å². The highest BCUT2D eigenvalue weighted by atomic mass is 16.5. The Balaban J connectivity index is 1.53. The SMILES string of the molecule is OC(CNc1cccc2ccccc12)COCC1CC1. The van der Waals surface area contributed by atoms with Gasteiger partial charge >= 0.3 is 0 Å². The van der Waals surface area contributed by atoms with E-state index in [2.05, 4.69) is 23.5 Å². The lowest BCUT2D eigenvalue weighted by molar-refractivity contribution is 0.0386. The first-order valence-corrected chi connectivity index (χ1v) is 7.30. The number of hydrogen-bond acceptors (Lipinski definition) is 3. The van der Waals surface area contributed by atoms with Gasteiger partial charge in [-0.25, -0.2) is 0 Å². The van der Waals surface area contributed by atoms with Crippen LogP contribution in [-0.2, 0) is 4.74 Å². The number of fused-ring (bicyclic) bond motifs is 1. The Morgan fingerprint density at radius 2 is 1.95 bits per heavy atom. The van der Waals surface area contributed by atoms with Crippen LogP contribution in [0, 0.1) is 5.92 Å². The van der Waals surface area contributed by atoms with Crippen LogP contribution in [0.15, 0.2) is 42.5 Å². The van der Waals surface area contributed by atoms with Gasteiger partial charge in [-0.2, -0.15) is 0 Å². The molecule has 20 heavy (non-hydrogen) atoms. The Bertz CT molecular complexity index is 560. The molecule has 0 radical (unpaired) electrons. The lowest BCUT2D eigenvalue weighted by atomic mass is 10.1. The van der Waals surface area contributed by atoms with Crippen LogP contribution >= 0.6 is 0 Å². The van der Waals surface area contributed by atoms with Crippen molar-refractivity contribution in [3.05, 3.63) is 42.5 Å². The molecule has 0 saturated heterocycles. The van der Waals surface area contributed by atoms with Crippen molar-refractivity contribution in [2.24, 2.45) is 5.92 Å². The Morgan fingerprint density at radius 1 is 1.15 bits per heavy atom. The molecule has 1 atom stereocenters. The number of ether oxygens (including phenoxy) is 1. The number of aliphatic hydroxyl groups excluding tert-OH is 1. The first kappa shape index (κ1) is 13.4. The molecule has 0 spiro atoms. The molecular weight excluding hydrogens is 250 g/mol. The van der Waals surface area contributed by atoms with E-state index in [-0.39, 0.29) is 0 Å². The summed E-state index contributed by atoms with van der Waals surface area (Å²) in [5, 5.41) is 15.6. The molecule has 0 bridgehead atoms. The second-order valence-corrected chi connectivity index (χ2v) is 5.54. The van der Waals surface area contributed by atoms with Crippen LogP contribution < -0.4 is 5.32 Å². The summed E-state index contributed by atoms with van der Waals surface area (Å²) < 4.78 is 5.51.